The van der Waals surface area contributed by atoms with E-state index >= 15 is 0 Å². The number of nitrogens with zero attached hydrogens (tertiary/aromatic N) is 1. The van der Waals surface area contributed by atoms with Crippen molar-refractivity contribution < 1.29 is 17.9 Å². The molecule has 0 N–H and O–H groups in total. The molecule has 0 bridgehead atoms. The minimum atomic E-state index is -3.28. The highest BCUT2D eigenvalue weighted by Gasteiger charge is 2.28. The van der Waals surface area contributed by atoms with E-state index in [2.05, 4.69) is 0 Å². The molecule has 1 aliphatic rings. The average molecular weight is 359 g/mol. The summed E-state index contributed by atoms with van der Waals surface area (Å²) in [6.07, 6.45) is 0.946. The Kier molecular flexibility index (Phi) is 5.38. The molecule has 0 atom stereocenters. The number of sulfone groups is 1. The van der Waals surface area contributed by atoms with Crippen LogP contribution < -0.4 is 4.74 Å². The molecule has 0 radical (unpaired) electrons. The van der Waals surface area contributed by atoms with E-state index in [1.165, 1.54) is 0 Å². The number of rotatable bonds is 4. The highest BCUT2D eigenvalue weighted by Crippen LogP contribution is 2.23. The molecule has 0 aliphatic carbocycles. The summed E-state index contributed by atoms with van der Waals surface area (Å²) >= 11 is 0. The standard InChI is InChI=1S/C19H21NO4S/c21-19(24-17-7-3-1-4-8-17)20-13-11-16(12-14-20)15-25(22,23)18-9-5-2-6-10-18/h1-10,16H,11-15H2. The molecule has 0 aromatic heterocycles. The monoisotopic (exact) mass is 359 g/mol. The molecule has 25 heavy (non-hydrogen) atoms. The van der Waals surface area contributed by atoms with Gasteiger partial charge in [-0.25, -0.2) is 13.2 Å². The maximum atomic E-state index is 12.5. The van der Waals surface area contributed by atoms with Crippen LogP contribution in [0.5, 0.6) is 5.75 Å². The number of carbonyl (C=O) groups is 1. The summed E-state index contributed by atoms with van der Waals surface area (Å²) < 4.78 is 30.2. The first-order valence-electron chi connectivity index (χ1n) is 8.34. The molecule has 0 spiro atoms. The van der Waals surface area contributed by atoms with Crippen molar-refractivity contribution in [2.45, 2.75) is 17.7 Å². The van der Waals surface area contributed by atoms with Crippen molar-refractivity contribution in [1.29, 1.82) is 0 Å². The molecule has 1 aliphatic heterocycles. The third-order valence-electron chi connectivity index (χ3n) is 4.38. The molecule has 0 unspecified atom stereocenters. The summed E-state index contributed by atoms with van der Waals surface area (Å²) in [6, 6.07) is 17.5. The van der Waals surface area contributed by atoms with E-state index in [0.717, 1.165) is 0 Å². The molecule has 6 heteroatoms. The zero-order chi connectivity index (χ0) is 17.7. The van der Waals surface area contributed by atoms with Crippen LogP contribution in [0.4, 0.5) is 4.79 Å². The van der Waals surface area contributed by atoms with Crippen LogP contribution in [-0.4, -0.2) is 38.3 Å². The summed E-state index contributed by atoms with van der Waals surface area (Å²) in [6.45, 7) is 1.03. The van der Waals surface area contributed by atoms with Gasteiger partial charge in [0.15, 0.2) is 9.84 Å². The van der Waals surface area contributed by atoms with Gasteiger partial charge in [0.25, 0.3) is 0 Å². The van der Waals surface area contributed by atoms with Crippen LogP contribution in [0.15, 0.2) is 65.6 Å². The lowest BCUT2D eigenvalue weighted by Crippen LogP contribution is -2.41. The van der Waals surface area contributed by atoms with Crippen LogP contribution in [0.25, 0.3) is 0 Å². The van der Waals surface area contributed by atoms with Crippen LogP contribution in [0.3, 0.4) is 0 Å². The number of ether oxygens (including phenoxy) is 1. The van der Waals surface area contributed by atoms with Gasteiger partial charge in [-0.1, -0.05) is 36.4 Å². The predicted octanol–water partition coefficient (Wildman–Crippen LogP) is 3.37. The summed E-state index contributed by atoms with van der Waals surface area (Å²) in [5, 5.41) is 0. The second-order valence-electron chi connectivity index (χ2n) is 6.21. The smallest absolute Gasteiger partial charge is 0.410 e. The van der Waals surface area contributed by atoms with Gasteiger partial charge in [-0.3, -0.25) is 0 Å². The van der Waals surface area contributed by atoms with Crippen LogP contribution >= 0.6 is 0 Å². The Morgan fingerprint density at radius 2 is 1.52 bits per heavy atom. The van der Waals surface area contributed by atoms with Gasteiger partial charge >= 0.3 is 6.09 Å². The number of carbonyl (C=O) groups excluding carboxylic acids is 1. The highest BCUT2D eigenvalue weighted by molar-refractivity contribution is 7.91. The minimum Gasteiger partial charge on any atom is -0.410 e. The summed E-state index contributed by atoms with van der Waals surface area (Å²) in [5.41, 5.74) is 0. The van der Waals surface area contributed by atoms with Crippen molar-refractivity contribution in [2.75, 3.05) is 18.8 Å². The Hall–Kier alpha value is -2.34. The minimum absolute atomic E-state index is 0.0611. The second-order valence-corrected chi connectivity index (χ2v) is 8.24. The SMILES string of the molecule is O=C(Oc1ccccc1)N1CCC(CS(=O)(=O)c2ccccc2)CC1. The van der Waals surface area contributed by atoms with Gasteiger partial charge in [-0.2, -0.15) is 0 Å². The van der Waals surface area contributed by atoms with Crippen LogP contribution in [0.2, 0.25) is 0 Å². The number of hydrogen-bond acceptors (Lipinski definition) is 4. The molecule has 1 fully saturated rings. The summed E-state index contributed by atoms with van der Waals surface area (Å²) in [5.74, 6) is 0.700. The zero-order valence-electron chi connectivity index (χ0n) is 13.9. The molecule has 0 saturated carbocycles. The van der Waals surface area contributed by atoms with E-state index in [1.54, 1.807) is 47.4 Å². The average Bonchev–Trinajstić information content (AvgIpc) is 2.63. The van der Waals surface area contributed by atoms with Crippen molar-refractivity contribution in [3.8, 4) is 5.75 Å². The molecule has 1 amide bonds. The van der Waals surface area contributed by atoms with Crippen molar-refractivity contribution in [3.05, 3.63) is 60.7 Å². The van der Waals surface area contributed by atoms with E-state index in [0.29, 0.717) is 36.6 Å². The fourth-order valence-corrected chi connectivity index (χ4v) is 4.69. The van der Waals surface area contributed by atoms with Crippen LogP contribution in [-0.2, 0) is 9.84 Å². The molecule has 5 nitrogen and oxygen atoms in total. The van der Waals surface area contributed by atoms with Crippen LogP contribution in [0, 0.1) is 5.92 Å². The first-order valence-corrected chi connectivity index (χ1v) is 9.99. The molecule has 132 valence electrons. The Bertz CT molecular complexity index is 798. The third-order valence-corrected chi connectivity index (χ3v) is 6.28. The Morgan fingerprint density at radius 1 is 0.960 bits per heavy atom. The van der Waals surface area contributed by atoms with Gasteiger partial charge in [-0.15, -0.1) is 0 Å². The lowest BCUT2D eigenvalue weighted by molar-refractivity contribution is 0.133. The number of likely N-dealkylation sites (tertiary alicyclic amines) is 1. The maximum absolute atomic E-state index is 12.5. The number of hydrogen-bond donors (Lipinski definition) is 0. The third kappa shape index (κ3) is 4.60. The van der Waals surface area contributed by atoms with E-state index in [-0.39, 0.29) is 17.8 Å². The molecule has 2 aromatic rings. The van der Waals surface area contributed by atoms with Gasteiger partial charge in [0, 0.05) is 13.1 Å². The molecule has 3 rings (SSSR count). The predicted molar refractivity (Wildman–Crippen MR) is 95.3 cm³/mol. The number of para-hydroxylation sites is 1. The summed E-state index contributed by atoms with van der Waals surface area (Å²) in [4.78, 5) is 14.2. The molecule has 1 saturated heterocycles. The fourth-order valence-electron chi connectivity index (χ4n) is 2.97. The first kappa shape index (κ1) is 17.5. The Balaban J connectivity index is 1.53. The maximum Gasteiger partial charge on any atom is 0.415 e. The van der Waals surface area contributed by atoms with Gasteiger partial charge in [0.1, 0.15) is 5.75 Å². The quantitative estimate of drug-likeness (QED) is 0.840. The van der Waals surface area contributed by atoms with E-state index < -0.39 is 9.84 Å². The second kappa shape index (κ2) is 7.70. The Morgan fingerprint density at radius 3 is 2.12 bits per heavy atom. The van der Waals surface area contributed by atoms with Crippen molar-refractivity contribution >= 4 is 15.9 Å². The first-order chi connectivity index (χ1) is 12.0. The normalized spacial score (nSPS) is 15.8. The summed E-state index contributed by atoms with van der Waals surface area (Å²) in [7, 11) is -3.28. The van der Waals surface area contributed by atoms with E-state index in [1.807, 2.05) is 18.2 Å². The lowest BCUT2D eigenvalue weighted by Gasteiger charge is -2.31. The molecule has 2 aromatic carbocycles. The highest BCUT2D eigenvalue weighted by atomic mass is 32.2. The molecular formula is C19H21NO4S. The van der Waals surface area contributed by atoms with Crippen molar-refractivity contribution in [2.24, 2.45) is 5.92 Å². The van der Waals surface area contributed by atoms with Gasteiger partial charge in [0.2, 0.25) is 0 Å². The van der Waals surface area contributed by atoms with Gasteiger partial charge in [0.05, 0.1) is 10.6 Å². The topological polar surface area (TPSA) is 63.7 Å². The van der Waals surface area contributed by atoms with Crippen LogP contribution in [0.1, 0.15) is 12.8 Å². The lowest BCUT2D eigenvalue weighted by atomic mass is 9.99. The van der Waals surface area contributed by atoms with Gasteiger partial charge in [-0.05, 0) is 43.0 Å². The van der Waals surface area contributed by atoms with Crippen molar-refractivity contribution in [1.82, 2.24) is 4.90 Å². The number of amides is 1. The number of benzene rings is 2. The molecule has 1 heterocycles. The van der Waals surface area contributed by atoms with E-state index in [9.17, 15) is 13.2 Å². The van der Waals surface area contributed by atoms with E-state index in [4.69, 9.17) is 4.74 Å². The number of piperidine rings is 1. The van der Waals surface area contributed by atoms with Crippen molar-refractivity contribution in [3.63, 3.8) is 0 Å². The molecular weight excluding hydrogens is 338 g/mol. The fraction of sp³-hybridized carbons (Fsp3) is 0.316. The Labute approximate surface area is 148 Å². The zero-order valence-corrected chi connectivity index (χ0v) is 14.7. The van der Waals surface area contributed by atoms with Gasteiger partial charge < -0.3 is 9.64 Å². The largest absolute Gasteiger partial charge is 0.415 e.